The molecule has 0 saturated heterocycles. The molecule has 15 heteroatoms. The van der Waals surface area contributed by atoms with E-state index < -0.39 is 35.8 Å². The zero-order valence-electron chi connectivity index (χ0n) is 15.7. The number of nitrogens with zero attached hydrogens (tertiary/aromatic N) is 5. The van der Waals surface area contributed by atoms with Crippen molar-refractivity contribution in [2.24, 2.45) is 0 Å². The molecule has 2 aromatic heterocycles. The number of ether oxygens (including phenoxy) is 1. The first-order valence-corrected chi connectivity index (χ1v) is 8.88. The quantitative estimate of drug-likeness (QED) is 0.552. The molecule has 0 aliphatic heterocycles. The third-order valence-corrected chi connectivity index (χ3v) is 4.05. The zero-order valence-corrected chi connectivity index (χ0v) is 16.5. The molecule has 3 aromatic rings. The van der Waals surface area contributed by atoms with Crippen LogP contribution in [-0.2, 0) is 6.18 Å². The van der Waals surface area contributed by atoms with Crippen molar-refractivity contribution in [1.29, 1.82) is 0 Å². The minimum atomic E-state index is -4.92. The summed E-state index contributed by atoms with van der Waals surface area (Å²) in [5.74, 6) is -1.67. The molecule has 2 heterocycles. The van der Waals surface area contributed by atoms with Crippen LogP contribution in [0, 0.1) is 0 Å². The van der Waals surface area contributed by atoms with Crippen molar-refractivity contribution >= 4 is 17.5 Å². The number of hydrogen-bond donors (Lipinski definition) is 1. The molecular formula is C17H11ClF6N6O2. The summed E-state index contributed by atoms with van der Waals surface area (Å²) >= 11 is 5.69. The Morgan fingerprint density at radius 1 is 1.09 bits per heavy atom. The van der Waals surface area contributed by atoms with E-state index in [1.165, 1.54) is 6.92 Å². The van der Waals surface area contributed by atoms with Crippen molar-refractivity contribution in [3.8, 4) is 11.7 Å². The van der Waals surface area contributed by atoms with Gasteiger partial charge in [0.25, 0.3) is 11.9 Å². The Kier molecular flexibility index (Phi) is 6.25. The summed E-state index contributed by atoms with van der Waals surface area (Å²) < 4.78 is 80.3. The molecule has 0 aliphatic carbocycles. The summed E-state index contributed by atoms with van der Waals surface area (Å²) in [6.07, 6.45) is -7.04. The molecule has 0 aliphatic rings. The van der Waals surface area contributed by atoms with E-state index in [1.807, 2.05) is 0 Å². The molecule has 1 N–H and O–H groups in total. The predicted octanol–water partition coefficient (Wildman–Crippen LogP) is 4.12. The van der Waals surface area contributed by atoms with Crippen molar-refractivity contribution < 1.29 is 35.9 Å². The number of nitrogens with one attached hydrogen (secondary N) is 1. The maximum absolute atomic E-state index is 13.0. The number of amides is 1. The topological polar surface area (TPSA) is 94.8 Å². The summed E-state index contributed by atoms with van der Waals surface area (Å²) in [5, 5.41) is 6.01. The highest BCUT2D eigenvalue weighted by atomic mass is 35.5. The predicted molar refractivity (Wildman–Crippen MR) is 96.0 cm³/mol. The van der Waals surface area contributed by atoms with Crippen LogP contribution in [-0.4, -0.2) is 37.0 Å². The van der Waals surface area contributed by atoms with Gasteiger partial charge in [-0.1, -0.05) is 11.6 Å². The van der Waals surface area contributed by atoms with Gasteiger partial charge in [-0.2, -0.15) is 23.0 Å². The van der Waals surface area contributed by atoms with Gasteiger partial charge in [0, 0.05) is 10.6 Å². The van der Waals surface area contributed by atoms with Crippen LogP contribution in [0.3, 0.4) is 0 Å². The number of rotatable bonds is 5. The van der Waals surface area contributed by atoms with Crippen molar-refractivity contribution in [3.05, 3.63) is 58.9 Å². The van der Waals surface area contributed by atoms with Gasteiger partial charge >= 0.3 is 12.5 Å². The van der Waals surface area contributed by atoms with Gasteiger partial charge in [0.1, 0.15) is 6.33 Å². The van der Waals surface area contributed by atoms with Crippen LogP contribution in [0.2, 0.25) is 5.02 Å². The van der Waals surface area contributed by atoms with Gasteiger partial charge < -0.3 is 10.1 Å². The molecular weight excluding hydrogens is 470 g/mol. The van der Waals surface area contributed by atoms with Crippen LogP contribution in [0.4, 0.5) is 26.3 Å². The highest BCUT2D eigenvalue weighted by Gasteiger charge is 2.32. The molecule has 0 radical (unpaired) electrons. The summed E-state index contributed by atoms with van der Waals surface area (Å²) in [7, 11) is 0. The molecule has 1 atom stereocenters. The fourth-order valence-corrected chi connectivity index (χ4v) is 2.77. The third kappa shape index (κ3) is 5.63. The molecule has 0 saturated carbocycles. The number of halogens is 7. The van der Waals surface area contributed by atoms with Crippen molar-refractivity contribution in [2.45, 2.75) is 25.5 Å². The number of aromatic nitrogens is 5. The lowest BCUT2D eigenvalue weighted by atomic mass is 10.1. The largest absolute Gasteiger partial charge is 0.573 e. The smallest absolute Gasteiger partial charge is 0.402 e. The monoisotopic (exact) mass is 480 g/mol. The second-order valence-corrected chi connectivity index (χ2v) is 6.65. The van der Waals surface area contributed by atoms with Crippen LogP contribution < -0.4 is 10.1 Å². The van der Waals surface area contributed by atoms with Gasteiger partial charge in [-0.3, -0.25) is 4.79 Å². The van der Waals surface area contributed by atoms with E-state index in [4.69, 9.17) is 11.6 Å². The minimum absolute atomic E-state index is 0.0564. The zero-order chi connectivity index (χ0) is 23.7. The lowest BCUT2D eigenvalue weighted by Gasteiger charge is -2.15. The second kappa shape index (κ2) is 8.61. The van der Waals surface area contributed by atoms with Crippen LogP contribution in [0.1, 0.15) is 34.7 Å². The molecule has 0 bridgehead atoms. The van der Waals surface area contributed by atoms with Crippen LogP contribution in [0.15, 0.2) is 36.9 Å². The Bertz CT molecular complexity index is 1120. The van der Waals surface area contributed by atoms with Gasteiger partial charge in [0.2, 0.25) is 0 Å². The number of benzene rings is 1. The lowest BCUT2D eigenvalue weighted by molar-refractivity contribution is -0.274. The standard InChI is InChI=1S/C17H11ClF6N6O2/c1-8(29-14(31)9-2-10(16(19,20)21)4-11(18)3-9)13-27-7-28-30(13)15-25-5-12(6-26-15)32-17(22,23)24/h2-8H,1H3,(H,29,31)/t8-/m0/s1. The number of carbonyl (C=O) groups excluding carboxylic acids is 1. The highest BCUT2D eigenvalue weighted by Crippen LogP contribution is 2.32. The fraction of sp³-hybridized carbons (Fsp3) is 0.235. The normalized spacial score (nSPS) is 13.0. The van der Waals surface area contributed by atoms with E-state index in [0.717, 1.165) is 29.5 Å². The average Bonchev–Trinajstić information content (AvgIpc) is 3.16. The first-order chi connectivity index (χ1) is 14.8. The van der Waals surface area contributed by atoms with E-state index in [9.17, 15) is 31.1 Å². The van der Waals surface area contributed by atoms with Crippen molar-refractivity contribution in [2.75, 3.05) is 0 Å². The Balaban J connectivity index is 1.79. The summed E-state index contributed by atoms with van der Waals surface area (Å²) in [4.78, 5) is 23.8. The van der Waals surface area contributed by atoms with Crippen LogP contribution in [0.25, 0.3) is 5.95 Å². The second-order valence-electron chi connectivity index (χ2n) is 6.22. The van der Waals surface area contributed by atoms with Crippen molar-refractivity contribution in [1.82, 2.24) is 30.0 Å². The summed E-state index contributed by atoms with van der Waals surface area (Å²) in [6, 6.07) is 1.47. The molecule has 0 unspecified atom stereocenters. The first-order valence-electron chi connectivity index (χ1n) is 8.50. The highest BCUT2D eigenvalue weighted by molar-refractivity contribution is 6.31. The number of alkyl halides is 6. The molecule has 0 fully saturated rings. The average molecular weight is 481 g/mol. The fourth-order valence-electron chi connectivity index (χ4n) is 2.53. The van der Waals surface area contributed by atoms with Gasteiger partial charge in [-0.15, -0.1) is 13.2 Å². The molecule has 32 heavy (non-hydrogen) atoms. The van der Waals surface area contributed by atoms with E-state index in [0.29, 0.717) is 12.1 Å². The Morgan fingerprint density at radius 2 is 1.75 bits per heavy atom. The Labute approximate surface area is 180 Å². The van der Waals surface area contributed by atoms with Crippen molar-refractivity contribution in [3.63, 3.8) is 0 Å². The molecule has 0 spiro atoms. The summed E-state index contributed by atoms with van der Waals surface area (Å²) in [5.41, 5.74) is -1.44. The molecule has 170 valence electrons. The number of carbonyl (C=O) groups is 1. The number of hydrogen-bond acceptors (Lipinski definition) is 6. The van der Waals surface area contributed by atoms with Gasteiger partial charge in [-0.25, -0.2) is 15.0 Å². The van der Waals surface area contributed by atoms with Crippen LogP contribution >= 0.6 is 11.6 Å². The van der Waals surface area contributed by atoms with E-state index in [1.54, 1.807) is 0 Å². The summed E-state index contributed by atoms with van der Waals surface area (Å²) in [6.45, 7) is 1.45. The molecule has 8 nitrogen and oxygen atoms in total. The Morgan fingerprint density at radius 3 is 2.34 bits per heavy atom. The van der Waals surface area contributed by atoms with E-state index >= 15 is 0 Å². The molecule has 1 amide bonds. The first kappa shape index (κ1) is 23.2. The van der Waals surface area contributed by atoms with Gasteiger partial charge in [-0.05, 0) is 25.1 Å². The van der Waals surface area contributed by atoms with Gasteiger partial charge in [0.15, 0.2) is 11.6 Å². The minimum Gasteiger partial charge on any atom is -0.402 e. The molecule has 1 aromatic carbocycles. The lowest BCUT2D eigenvalue weighted by Crippen LogP contribution is -2.29. The maximum Gasteiger partial charge on any atom is 0.573 e. The third-order valence-electron chi connectivity index (χ3n) is 3.83. The maximum atomic E-state index is 13.0. The van der Waals surface area contributed by atoms with Gasteiger partial charge in [0.05, 0.1) is 24.0 Å². The van der Waals surface area contributed by atoms with E-state index in [-0.39, 0.29) is 22.4 Å². The van der Waals surface area contributed by atoms with E-state index in [2.05, 4.69) is 30.1 Å². The molecule has 3 rings (SSSR count). The Hall–Kier alpha value is -3.42. The SMILES string of the molecule is C[C@H](NC(=O)c1cc(Cl)cc(C(F)(F)F)c1)c1ncnn1-c1ncc(OC(F)(F)F)cn1. The van der Waals surface area contributed by atoms with Crippen LogP contribution in [0.5, 0.6) is 5.75 Å².